The van der Waals surface area contributed by atoms with E-state index >= 15 is 0 Å². The van der Waals surface area contributed by atoms with E-state index in [1.165, 1.54) is 0 Å². The Balaban J connectivity index is 1.51. The summed E-state index contributed by atoms with van der Waals surface area (Å²) in [6.07, 6.45) is 0. The number of aromatic nitrogens is 1. The van der Waals surface area contributed by atoms with Gasteiger partial charge in [0, 0.05) is 5.69 Å². The number of amides is 1. The normalized spacial score (nSPS) is 10.9. The van der Waals surface area contributed by atoms with Gasteiger partial charge in [-0.3, -0.25) is 4.79 Å². The Bertz CT molecular complexity index is 1200. The summed E-state index contributed by atoms with van der Waals surface area (Å²) in [5, 5.41) is 3.31. The van der Waals surface area contributed by atoms with Crippen LogP contribution >= 0.6 is 11.6 Å². The highest BCUT2D eigenvalue weighted by atomic mass is 35.5. The van der Waals surface area contributed by atoms with E-state index in [1.54, 1.807) is 18.2 Å². The van der Waals surface area contributed by atoms with Gasteiger partial charge in [0.2, 0.25) is 5.89 Å². The number of hydrogen-bond acceptors (Lipinski definition) is 4. The molecule has 0 aliphatic rings. The molecule has 0 aliphatic carbocycles. The lowest BCUT2D eigenvalue weighted by Gasteiger charge is -2.10. The van der Waals surface area contributed by atoms with Crippen LogP contribution in [0.4, 0.5) is 5.69 Å². The first-order valence-corrected chi connectivity index (χ1v) is 9.53. The summed E-state index contributed by atoms with van der Waals surface area (Å²) in [4.78, 5) is 16.8. The minimum Gasteiger partial charge on any atom is -0.483 e. The van der Waals surface area contributed by atoms with Crippen LogP contribution in [-0.2, 0) is 4.79 Å². The first kappa shape index (κ1) is 19.0. The summed E-state index contributed by atoms with van der Waals surface area (Å²) in [5.74, 6) is 0.818. The zero-order valence-corrected chi connectivity index (χ0v) is 16.8. The molecule has 0 bridgehead atoms. The SMILES string of the molecule is Cc1ccc2nc(-c3cc(NC(=O)COc4ccccc4C)ccc3Cl)oc2c1. The molecule has 1 aromatic heterocycles. The number of rotatable bonds is 5. The summed E-state index contributed by atoms with van der Waals surface area (Å²) in [5.41, 5.74) is 4.69. The molecule has 1 heterocycles. The molecular formula is C23H19ClN2O3. The predicted molar refractivity (Wildman–Crippen MR) is 114 cm³/mol. The Morgan fingerprint density at radius 2 is 1.93 bits per heavy atom. The Labute approximate surface area is 173 Å². The third-order valence-electron chi connectivity index (χ3n) is 4.48. The van der Waals surface area contributed by atoms with E-state index in [9.17, 15) is 4.79 Å². The highest BCUT2D eigenvalue weighted by Gasteiger charge is 2.14. The number of para-hydroxylation sites is 1. The van der Waals surface area contributed by atoms with Crippen molar-refractivity contribution in [2.24, 2.45) is 0 Å². The van der Waals surface area contributed by atoms with Crippen molar-refractivity contribution in [2.45, 2.75) is 13.8 Å². The topological polar surface area (TPSA) is 64.4 Å². The maximum Gasteiger partial charge on any atom is 0.262 e. The lowest BCUT2D eigenvalue weighted by molar-refractivity contribution is -0.118. The van der Waals surface area contributed by atoms with Crippen LogP contribution < -0.4 is 10.1 Å². The van der Waals surface area contributed by atoms with E-state index in [0.29, 0.717) is 33.5 Å². The first-order valence-electron chi connectivity index (χ1n) is 9.15. The minimum absolute atomic E-state index is 0.0923. The van der Waals surface area contributed by atoms with Gasteiger partial charge >= 0.3 is 0 Å². The molecule has 5 nitrogen and oxygen atoms in total. The molecule has 0 radical (unpaired) electrons. The number of hydrogen-bond donors (Lipinski definition) is 1. The van der Waals surface area contributed by atoms with Gasteiger partial charge in [0.25, 0.3) is 5.91 Å². The molecule has 0 fully saturated rings. The second-order valence-corrected chi connectivity index (χ2v) is 7.19. The van der Waals surface area contributed by atoms with Crippen LogP contribution in [-0.4, -0.2) is 17.5 Å². The molecule has 0 atom stereocenters. The lowest BCUT2D eigenvalue weighted by atomic mass is 10.2. The molecule has 29 heavy (non-hydrogen) atoms. The van der Waals surface area contributed by atoms with Crippen LogP contribution in [0.15, 0.2) is 65.1 Å². The zero-order chi connectivity index (χ0) is 20.4. The number of ether oxygens (including phenoxy) is 1. The Morgan fingerprint density at radius 1 is 1.10 bits per heavy atom. The third kappa shape index (κ3) is 4.25. The molecule has 0 aliphatic heterocycles. The van der Waals surface area contributed by atoms with Crippen molar-refractivity contribution >= 4 is 34.3 Å². The average molecular weight is 407 g/mol. The largest absolute Gasteiger partial charge is 0.483 e. The van der Waals surface area contributed by atoms with Crippen LogP contribution in [0, 0.1) is 13.8 Å². The van der Waals surface area contributed by atoms with E-state index in [1.807, 2.05) is 56.3 Å². The molecule has 3 aromatic carbocycles. The smallest absolute Gasteiger partial charge is 0.262 e. The van der Waals surface area contributed by atoms with Crippen LogP contribution in [0.1, 0.15) is 11.1 Å². The fraction of sp³-hybridized carbons (Fsp3) is 0.130. The molecule has 0 spiro atoms. The summed E-state index contributed by atoms with van der Waals surface area (Å²) in [6.45, 7) is 3.83. The van der Waals surface area contributed by atoms with Gasteiger partial charge in [0.15, 0.2) is 12.2 Å². The van der Waals surface area contributed by atoms with Gasteiger partial charge in [-0.15, -0.1) is 0 Å². The van der Waals surface area contributed by atoms with Gasteiger partial charge in [0.05, 0.1) is 10.6 Å². The molecule has 1 amide bonds. The van der Waals surface area contributed by atoms with Crippen molar-refractivity contribution in [1.82, 2.24) is 4.98 Å². The average Bonchev–Trinajstić information content (AvgIpc) is 3.11. The van der Waals surface area contributed by atoms with Gasteiger partial charge in [-0.05, 0) is 61.4 Å². The van der Waals surface area contributed by atoms with E-state index in [0.717, 1.165) is 16.6 Å². The zero-order valence-electron chi connectivity index (χ0n) is 16.0. The van der Waals surface area contributed by atoms with Gasteiger partial charge in [-0.25, -0.2) is 4.98 Å². The molecule has 1 N–H and O–H groups in total. The van der Waals surface area contributed by atoms with Crippen molar-refractivity contribution in [3.05, 3.63) is 76.8 Å². The lowest BCUT2D eigenvalue weighted by Crippen LogP contribution is -2.20. The molecule has 4 rings (SSSR count). The molecule has 0 saturated heterocycles. The van der Waals surface area contributed by atoms with Gasteiger partial charge in [-0.1, -0.05) is 35.9 Å². The number of fused-ring (bicyclic) bond motifs is 1. The highest BCUT2D eigenvalue weighted by Crippen LogP contribution is 2.32. The minimum atomic E-state index is -0.269. The molecule has 6 heteroatoms. The number of nitrogens with one attached hydrogen (secondary N) is 1. The van der Waals surface area contributed by atoms with Crippen molar-refractivity contribution in [3.8, 4) is 17.2 Å². The second-order valence-electron chi connectivity index (χ2n) is 6.79. The van der Waals surface area contributed by atoms with Gasteiger partial charge in [-0.2, -0.15) is 0 Å². The predicted octanol–water partition coefficient (Wildman–Crippen LogP) is 5.78. The molecule has 0 unspecified atom stereocenters. The Kier molecular flexibility index (Phi) is 5.23. The maximum atomic E-state index is 12.3. The quantitative estimate of drug-likeness (QED) is 0.456. The number of carbonyl (C=O) groups excluding carboxylic acids is 1. The highest BCUT2D eigenvalue weighted by molar-refractivity contribution is 6.33. The van der Waals surface area contributed by atoms with Crippen LogP contribution in [0.25, 0.3) is 22.6 Å². The maximum absolute atomic E-state index is 12.3. The number of oxazole rings is 1. The Morgan fingerprint density at radius 3 is 2.76 bits per heavy atom. The monoisotopic (exact) mass is 406 g/mol. The second kappa shape index (κ2) is 7.97. The van der Waals surface area contributed by atoms with Crippen LogP contribution in [0.5, 0.6) is 5.75 Å². The van der Waals surface area contributed by atoms with E-state index < -0.39 is 0 Å². The van der Waals surface area contributed by atoms with Crippen molar-refractivity contribution in [3.63, 3.8) is 0 Å². The number of anilines is 1. The van der Waals surface area contributed by atoms with Gasteiger partial charge in [0.1, 0.15) is 11.3 Å². The third-order valence-corrected chi connectivity index (χ3v) is 4.81. The van der Waals surface area contributed by atoms with E-state index in [-0.39, 0.29) is 12.5 Å². The molecule has 146 valence electrons. The summed E-state index contributed by atoms with van der Waals surface area (Å²) in [6, 6.07) is 18.5. The standard InChI is InChI=1S/C23H19ClN2O3/c1-14-7-10-19-21(11-14)29-23(26-19)17-12-16(8-9-18(17)24)25-22(27)13-28-20-6-4-3-5-15(20)2/h3-12H,13H2,1-2H3,(H,25,27). The van der Waals surface area contributed by atoms with Crippen molar-refractivity contribution in [2.75, 3.05) is 11.9 Å². The Hall–Kier alpha value is -3.31. The van der Waals surface area contributed by atoms with Crippen molar-refractivity contribution in [1.29, 1.82) is 0 Å². The summed E-state index contributed by atoms with van der Waals surface area (Å²) >= 11 is 6.35. The van der Waals surface area contributed by atoms with Gasteiger partial charge < -0.3 is 14.5 Å². The fourth-order valence-electron chi connectivity index (χ4n) is 2.97. The molecule has 0 saturated carbocycles. The summed E-state index contributed by atoms with van der Waals surface area (Å²) in [7, 11) is 0. The number of aryl methyl sites for hydroxylation is 2. The number of carbonyl (C=O) groups is 1. The van der Waals surface area contributed by atoms with E-state index in [2.05, 4.69) is 10.3 Å². The van der Waals surface area contributed by atoms with E-state index in [4.69, 9.17) is 20.8 Å². The number of nitrogens with zero attached hydrogens (tertiary/aromatic N) is 1. The van der Waals surface area contributed by atoms with Crippen LogP contribution in [0.3, 0.4) is 0 Å². The fourth-order valence-corrected chi connectivity index (χ4v) is 3.17. The first-order chi connectivity index (χ1) is 14.0. The van der Waals surface area contributed by atoms with Crippen LogP contribution in [0.2, 0.25) is 5.02 Å². The summed E-state index contributed by atoms with van der Waals surface area (Å²) < 4.78 is 11.5. The number of halogens is 1. The molecule has 4 aromatic rings. The number of benzene rings is 3. The molecular weight excluding hydrogens is 388 g/mol. The van der Waals surface area contributed by atoms with Crippen molar-refractivity contribution < 1.29 is 13.9 Å².